The van der Waals surface area contributed by atoms with Crippen molar-refractivity contribution in [3.05, 3.63) is 36.2 Å². The minimum Gasteiger partial charge on any atom is -0.405 e. The zero-order valence-corrected chi connectivity index (χ0v) is 6.25. The Morgan fingerprint density at radius 1 is 1.40 bits per heavy atom. The van der Waals surface area contributed by atoms with E-state index in [9.17, 15) is 0 Å². The van der Waals surface area contributed by atoms with E-state index in [1.54, 1.807) is 6.08 Å². The summed E-state index contributed by atoms with van der Waals surface area (Å²) < 4.78 is 0. The third-order valence-electron chi connectivity index (χ3n) is 1.08. The van der Waals surface area contributed by atoms with Gasteiger partial charge in [-0.25, -0.2) is 0 Å². The standard InChI is InChI=1S/C8H14N2/c1-2-8(10)6-4-3-5-7-9/h2-5,7H,6,9-10H2,1H3/b4-3?,7-5+,8-2+. The Morgan fingerprint density at radius 3 is 2.60 bits per heavy atom. The van der Waals surface area contributed by atoms with Crippen LogP contribution in [0.15, 0.2) is 36.2 Å². The van der Waals surface area contributed by atoms with Gasteiger partial charge in [0, 0.05) is 12.1 Å². The van der Waals surface area contributed by atoms with Gasteiger partial charge in [0.05, 0.1) is 0 Å². The van der Waals surface area contributed by atoms with Crippen LogP contribution in [0.25, 0.3) is 0 Å². The van der Waals surface area contributed by atoms with Crippen LogP contribution in [-0.4, -0.2) is 0 Å². The second-order valence-electron chi connectivity index (χ2n) is 1.88. The molecule has 10 heavy (non-hydrogen) atoms. The summed E-state index contributed by atoms with van der Waals surface area (Å²) in [5.74, 6) is 0. The molecule has 0 aromatic carbocycles. The minimum absolute atomic E-state index is 0.792. The fraction of sp³-hybridized carbons (Fsp3) is 0.250. The van der Waals surface area contributed by atoms with E-state index in [0.29, 0.717) is 0 Å². The molecule has 0 saturated carbocycles. The zero-order valence-electron chi connectivity index (χ0n) is 6.25. The lowest BCUT2D eigenvalue weighted by Gasteiger charge is -1.90. The van der Waals surface area contributed by atoms with Gasteiger partial charge in [-0.15, -0.1) is 0 Å². The monoisotopic (exact) mass is 138 g/mol. The Morgan fingerprint density at radius 2 is 2.10 bits per heavy atom. The lowest BCUT2D eigenvalue weighted by atomic mass is 10.3. The van der Waals surface area contributed by atoms with E-state index in [1.807, 2.05) is 25.2 Å². The quantitative estimate of drug-likeness (QED) is 0.577. The molecule has 0 rings (SSSR count). The molecule has 0 saturated heterocycles. The molecule has 0 atom stereocenters. The predicted octanol–water partition coefficient (Wildman–Crippen LogP) is 1.27. The van der Waals surface area contributed by atoms with Crippen molar-refractivity contribution in [2.75, 3.05) is 0 Å². The molecule has 0 spiro atoms. The van der Waals surface area contributed by atoms with Crippen LogP contribution < -0.4 is 11.5 Å². The van der Waals surface area contributed by atoms with E-state index in [2.05, 4.69) is 0 Å². The maximum absolute atomic E-state index is 5.51. The fourth-order valence-electron chi connectivity index (χ4n) is 0.465. The second-order valence-corrected chi connectivity index (χ2v) is 1.88. The van der Waals surface area contributed by atoms with Crippen LogP contribution >= 0.6 is 0 Å². The molecule has 0 aliphatic rings. The Hall–Kier alpha value is -1.18. The van der Waals surface area contributed by atoms with Crippen molar-refractivity contribution in [3.8, 4) is 0 Å². The number of nitrogens with two attached hydrogens (primary N) is 2. The summed E-state index contributed by atoms with van der Waals surface area (Å²) in [5.41, 5.74) is 11.5. The SMILES string of the molecule is C/C=C(/N)CC=C/C=C/N. The van der Waals surface area contributed by atoms with Crippen molar-refractivity contribution in [1.29, 1.82) is 0 Å². The van der Waals surface area contributed by atoms with Crippen LogP contribution in [0.1, 0.15) is 13.3 Å². The maximum Gasteiger partial charge on any atom is 0.00755 e. The molecule has 0 aromatic rings. The first-order chi connectivity index (χ1) is 4.81. The lowest BCUT2D eigenvalue weighted by molar-refractivity contribution is 1.15. The van der Waals surface area contributed by atoms with Gasteiger partial charge in [0.15, 0.2) is 0 Å². The van der Waals surface area contributed by atoms with Gasteiger partial charge in [0.1, 0.15) is 0 Å². The molecule has 0 radical (unpaired) electrons. The van der Waals surface area contributed by atoms with Gasteiger partial charge in [-0.1, -0.05) is 18.2 Å². The summed E-state index contributed by atoms with van der Waals surface area (Å²) in [6, 6.07) is 0. The fourth-order valence-corrected chi connectivity index (χ4v) is 0.465. The number of allylic oxidation sites excluding steroid dienone is 4. The molecular formula is C8H14N2. The van der Waals surface area contributed by atoms with Gasteiger partial charge < -0.3 is 11.5 Å². The van der Waals surface area contributed by atoms with E-state index in [4.69, 9.17) is 11.5 Å². The number of rotatable bonds is 3. The van der Waals surface area contributed by atoms with Gasteiger partial charge in [-0.2, -0.15) is 0 Å². The summed E-state index contributed by atoms with van der Waals surface area (Å²) in [5, 5.41) is 0. The molecule has 0 aromatic heterocycles. The topological polar surface area (TPSA) is 52.0 Å². The Kier molecular flexibility index (Phi) is 5.25. The normalized spacial score (nSPS) is 13.5. The maximum atomic E-state index is 5.51. The third kappa shape index (κ3) is 4.97. The Labute approximate surface area is 61.9 Å². The Balaban J connectivity index is 3.53. The van der Waals surface area contributed by atoms with E-state index in [-0.39, 0.29) is 0 Å². The van der Waals surface area contributed by atoms with Crippen molar-refractivity contribution >= 4 is 0 Å². The second kappa shape index (κ2) is 5.95. The highest BCUT2D eigenvalue weighted by molar-refractivity contribution is 5.07. The molecule has 2 nitrogen and oxygen atoms in total. The van der Waals surface area contributed by atoms with Crippen LogP contribution in [0.3, 0.4) is 0 Å². The molecule has 2 heteroatoms. The van der Waals surface area contributed by atoms with E-state index < -0.39 is 0 Å². The zero-order chi connectivity index (χ0) is 7.82. The van der Waals surface area contributed by atoms with Gasteiger partial charge in [0.25, 0.3) is 0 Å². The molecule has 0 aliphatic heterocycles. The van der Waals surface area contributed by atoms with Gasteiger partial charge in [0.2, 0.25) is 0 Å². The van der Waals surface area contributed by atoms with Crippen molar-refractivity contribution in [2.45, 2.75) is 13.3 Å². The van der Waals surface area contributed by atoms with E-state index in [1.165, 1.54) is 6.20 Å². The first kappa shape index (κ1) is 8.82. The molecular weight excluding hydrogens is 124 g/mol. The highest BCUT2D eigenvalue weighted by atomic mass is 14.6. The molecule has 0 heterocycles. The van der Waals surface area contributed by atoms with E-state index >= 15 is 0 Å². The van der Waals surface area contributed by atoms with Crippen LogP contribution in [0.2, 0.25) is 0 Å². The van der Waals surface area contributed by atoms with Gasteiger partial charge in [-0.3, -0.25) is 0 Å². The number of hydrogen-bond donors (Lipinski definition) is 2. The molecule has 0 amide bonds. The van der Waals surface area contributed by atoms with Crippen molar-refractivity contribution in [2.24, 2.45) is 11.5 Å². The van der Waals surface area contributed by atoms with Crippen molar-refractivity contribution in [3.63, 3.8) is 0 Å². The first-order valence-electron chi connectivity index (χ1n) is 3.25. The van der Waals surface area contributed by atoms with Gasteiger partial charge >= 0.3 is 0 Å². The molecule has 0 fully saturated rings. The molecule has 0 aliphatic carbocycles. The average molecular weight is 138 g/mol. The largest absolute Gasteiger partial charge is 0.405 e. The average Bonchev–Trinajstić information content (AvgIpc) is 1.98. The third-order valence-corrected chi connectivity index (χ3v) is 1.08. The van der Waals surface area contributed by atoms with Crippen LogP contribution in [0, 0.1) is 0 Å². The highest BCUT2D eigenvalue weighted by Gasteiger charge is 1.78. The Bertz CT molecular complexity index is 155. The van der Waals surface area contributed by atoms with Crippen LogP contribution in [-0.2, 0) is 0 Å². The molecule has 4 N–H and O–H groups in total. The van der Waals surface area contributed by atoms with Crippen molar-refractivity contribution < 1.29 is 0 Å². The molecule has 56 valence electrons. The summed E-state index contributed by atoms with van der Waals surface area (Å²) in [6.07, 6.45) is 9.76. The summed E-state index contributed by atoms with van der Waals surface area (Å²) >= 11 is 0. The minimum atomic E-state index is 0.792. The summed E-state index contributed by atoms with van der Waals surface area (Å²) in [6.45, 7) is 1.92. The smallest absolute Gasteiger partial charge is 0.00755 e. The van der Waals surface area contributed by atoms with Crippen molar-refractivity contribution in [1.82, 2.24) is 0 Å². The highest BCUT2D eigenvalue weighted by Crippen LogP contribution is 1.92. The summed E-state index contributed by atoms with van der Waals surface area (Å²) in [7, 11) is 0. The van der Waals surface area contributed by atoms with Crippen LogP contribution in [0.4, 0.5) is 0 Å². The summed E-state index contributed by atoms with van der Waals surface area (Å²) in [4.78, 5) is 0. The first-order valence-corrected chi connectivity index (χ1v) is 3.25. The number of hydrogen-bond acceptors (Lipinski definition) is 2. The van der Waals surface area contributed by atoms with E-state index in [0.717, 1.165) is 12.1 Å². The predicted molar refractivity (Wildman–Crippen MR) is 45.0 cm³/mol. The van der Waals surface area contributed by atoms with Gasteiger partial charge in [-0.05, 0) is 19.2 Å². The van der Waals surface area contributed by atoms with Crippen LogP contribution in [0.5, 0.6) is 0 Å². The lowest BCUT2D eigenvalue weighted by Crippen LogP contribution is -1.93. The molecule has 0 bridgehead atoms. The molecule has 0 unspecified atom stereocenters.